The molecule has 0 unspecified atom stereocenters. The summed E-state index contributed by atoms with van der Waals surface area (Å²) in [7, 11) is 0. The van der Waals surface area contributed by atoms with E-state index in [1.54, 1.807) is 24.3 Å². The highest BCUT2D eigenvalue weighted by molar-refractivity contribution is 7.80. The van der Waals surface area contributed by atoms with E-state index in [2.05, 4.69) is 15.8 Å². The number of hydrazone groups is 1. The van der Waals surface area contributed by atoms with Crippen LogP contribution in [0.25, 0.3) is 0 Å². The summed E-state index contributed by atoms with van der Waals surface area (Å²) in [5.74, 6) is -0.556. The van der Waals surface area contributed by atoms with Gasteiger partial charge in [-0.15, -0.1) is 0 Å². The maximum absolute atomic E-state index is 12.9. The summed E-state index contributed by atoms with van der Waals surface area (Å²) < 4.78 is 25.8. The fourth-order valence-corrected chi connectivity index (χ4v) is 2.05. The molecule has 0 saturated heterocycles. The first-order valence-corrected chi connectivity index (χ1v) is 7.60. The molecule has 23 heavy (non-hydrogen) atoms. The molecule has 0 aliphatic rings. The summed E-state index contributed by atoms with van der Waals surface area (Å²) in [6, 6.07) is 12.3. The SMILES string of the molecule is CC/C(=N/NC(=S)NCc1ccc(F)cc1)c1ccc(F)cc1. The Morgan fingerprint density at radius 2 is 1.57 bits per heavy atom. The summed E-state index contributed by atoms with van der Waals surface area (Å²) in [5, 5.41) is 7.60. The summed E-state index contributed by atoms with van der Waals surface area (Å²) in [6.07, 6.45) is 0.680. The minimum absolute atomic E-state index is 0.272. The Hall–Kier alpha value is -2.34. The van der Waals surface area contributed by atoms with Gasteiger partial charge in [-0.25, -0.2) is 8.78 Å². The smallest absolute Gasteiger partial charge is 0.187 e. The zero-order valence-electron chi connectivity index (χ0n) is 12.6. The second kappa shape index (κ2) is 8.33. The van der Waals surface area contributed by atoms with Gasteiger partial charge in [0.15, 0.2) is 5.11 Å². The first kappa shape index (κ1) is 17.0. The van der Waals surface area contributed by atoms with Gasteiger partial charge in [0.25, 0.3) is 0 Å². The van der Waals surface area contributed by atoms with E-state index in [4.69, 9.17) is 12.2 Å². The van der Waals surface area contributed by atoms with E-state index < -0.39 is 0 Å². The van der Waals surface area contributed by atoms with Gasteiger partial charge in [-0.05, 0) is 54.0 Å². The normalized spacial score (nSPS) is 11.2. The van der Waals surface area contributed by atoms with Crippen LogP contribution in [-0.4, -0.2) is 10.8 Å². The minimum Gasteiger partial charge on any atom is -0.357 e. The van der Waals surface area contributed by atoms with Crippen molar-refractivity contribution >= 4 is 23.0 Å². The van der Waals surface area contributed by atoms with Gasteiger partial charge >= 0.3 is 0 Å². The van der Waals surface area contributed by atoms with Crippen LogP contribution in [0.1, 0.15) is 24.5 Å². The molecular formula is C17H17F2N3S. The van der Waals surface area contributed by atoms with Crippen molar-refractivity contribution in [1.82, 2.24) is 10.7 Å². The zero-order chi connectivity index (χ0) is 16.7. The van der Waals surface area contributed by atoms with E-state index in [0.29, 0.717) is 18.1 Å². The van der Waals surface area contributed by atoms with Crippen LogP contribution in [0, 0.1) is 11.6 Å². The molecule has 0 atom stereocenters. The third-order valence-electron chi connectivity index (χ3n) is 3.17. The molecule has 0 heterocycles. The Morgan fingerprint density at radius 3 is 2.13 bits per heavy atom. The molecule has 0 saturated carbocycles. The monoisotopic (exact) mass is 333 g/mol. The second-order valence-electron chi connectivity index (χ2n) is 4.84. The molecule has 0 aromatic heterocycles. The van der Waals surface area contributed by atoms with Crippen molar-refractivity contribution < 1.29 is 8.78 Å². The Morgan fingerprint density at radius 1 is 1.00 bits per heavy atom. The van der Waals surface area contributed by atoms with Crippen molar-refractivity contribution in [3.05, 3.63) is 71.3 Å². The van der Waals surface area contributed by atoms with Gasteiger partial charge in [0, 0.05) is 6.54 Å². The lowest BCUT2D eigenvalue weighted by atomic mass is 10.1. The highest BCUT2D eigenvalue weighted by Crippen LogP contribution is 2.06. The molecule has 2 rings (SSSR count). The van der Waals surface area contributed by atoms with Crippen molar-refractivity contribution in [2.45, 2.75) is 19.9 Å². The Balaban J connectivity index is 1.90. The summed E-state index contributed by atoms with van der Waals surface area (Å²) in [5.41, 5.74) is 5.29. The van der Waals surface area contributed by atoms with E-state index in [1.807, 2.05) is 6.92 Å². The van der Waals surface area contributed by atoms with Crippen LogP contribution in [-0.2, 0) is 6.54 Å². The standard InChI is InChI=1S/C17H17F2N3S/c1-2-16(13-5-9-15(19)10-6-13)21-22-17(23)20-11-12-3-7-14(18)8-4-12/h3-10H,2,11H2,1H3,(H2,20,22,23)/b21-16-. The molecule has 0 spiro atoms. The van der Waals surface area contributed by atoms with Gasteiger partial charge < -0.3 is 5.32 Å². The molecule has 2 N–H and O–H groups in total. The van der Waals surface area contributed by atoms with E-state index in [9.17, 15) is 8.78 Å². The van der Waals surface area contributed by atoms with Crippen LogP contribution in [0.5, 0.6) is 0 Å². The maximum Gasteiger partial charge on any atom is 0.187 e. The van der Waals surface area contributed by atoms with Crippen molar-refractivity contribution in [1.29, 1.82) is 0 Å². The van der Waals surface area contributed by atoms with Crippen molar-refractivity contribution in [2.24, 2.45) is 5.10 Å². The lowest BCUT2D eigenvalue weighted by Gasteiger charge is -2.09. The zero-order valence-corrected chi connectivity index (χ0v) is 13.5. The minimum atomic E-state index is -0.284. The molecule has 0 radical (unpaired) electrons. The number of nitrogens with one attached hydrogen (secondary N) is 2. The first-order chi connectivity index (χ1) is 11.1. The highest BCUT2D eigenvalue weighted by atomic mass is 32.1. The molecule has 0 aliphatic heterocycles. The van der Waals surface area contributed by atoms with E-state index in [0.717, 1.165) is 16.8 Å². The van der Waals surface area contributed by atoms with E-state index in [1.165, 1.54) is 24.3 Å². The summed E-state index contributed by atoms with van der Waals surface area (Å²) >= 11 is 5.15. The Labute approximate surface area is 139 Å². The predicted molar refractivity (Wildman–Crippen MR) is 92.2 cm³/mol. The van der Waals surface area contributed by atoms with Gasteiger partial charge in [0.2, 0.25) is 0 Å². The van der Waals surface area contributed by atoms with Crippen molar-refractivity contribution in [2.75, 3.05) is 0 Å². The number of halogens is 2. The molecule has 0 amide bonds. The van der Waals surface area contributed by atoms with Gasteiger partial charge in [-0.3, -0.25) is 5.43 Å². The maximum atomic E-state index is 12.9. The van der Waals surface area contributed by atoms with Crippen molar-refractivity contribution in [3.63, 3.8) is 0 Å². The average molecular weight is 333 g/mol. The number of benzene rings is 2. The molecule has 0 aliphatic carbocycles. The lowest BCUT2D eigenvalue weighted by molar-refractivity contribution is 0.626. The van der Waals surface area contributed by atoms with Gasteiger partial charge in [0.1, 0.15) is 11.6 Å². The molecule has 3 nitrogen and oxygen atoms in total. The van der Waals surface area contributed by atoms with E-state index >= 15 is 0 Å². The number of nitrogens with zero attached hydrogens (tertiary/aromatic N) is 1. The van der Waals surface area contributed by atoms with Crippen LogP contribution in [0.2, 0.25) is 0 Å². The Kier molecular flexibility index (Phi) is 6.17. The first-order valence-electron chi connectivity index (χ1n) is 7.19. The molecule has 0 bridgehead atoms. The third kappa shape index (κ3) is 5.41. The summed E-state index contributed by atoms with van der Waals surface area (Å²) in [6.45, 7) is 2.43. The number of hydrogen-bond donors (Lipinski definition) is 2. The quantitative estimate of drug-likeness (QED) is 0.497. The molecule has 2 aromatic rings. The largest absolute Gasteiger partial charge is 0.357 e. The number of thiocarbonyl (C=S) groups is 1. The van der Waals surface area contributed by atoms with Crippen LogP contribution in [0.3, 0.4) is 0 Å². The molecule has 120 valence electrons. The lowest BCUT2D eigenvalue weighted by Crippen LogP contribution is -2.32. The van der Waals surface area contributed by atoms with Gasteiger partial charge in [-0.1, -0.05) is 31.2 Å². The molecule has 0 fully saturated rings. The highest BCUT2D eigenvalue weighted by Gasteiger charge is 2.02. The fourth-order valence-electron chi connectivity index (χ4n) is 1.93. The molecular weight excluding hydrogens is 316 g/mol. The third-order valence-corrected chi connectivity index (χ3v) is 3.41. The predicted octanol–water partition coefficient (Wildman–Crippen LogP) is 3.74. The average Bonchev–Trinajstić information content (AvgIpc) is 2.56. The van der Waals surface area contributed by atoms with Crippen LogP contribution >= 0.6 is 12.2 Å². The fraction of sp³-hybridized carbons (Fsp3) is 0.176. The summed E-state index contributed by atoms with van der Waals surface area (Å²) in [4.78, 5) is 0. The number of rotatable bonds is 5. The Bertz CT molecular complexity index is 682. The van der Waals surface area contributed by atoms with Crippen LogP contribution < -0.4 is 10.7 Å². The van der Waals surface area contributed by atoms with Crippen LogP contribution in [0.4, 0.5) is 8.78 Å². The van der Waals surface area contributed by atoms with Crippen molar-refractivity contribution in [3.8, 4) is 0 Å². The van der Waals surface area contributed by atoms with Crippen LogP contribution in [0.15, 0.2) is 53.6 Å². The van der Waals surface area contributed by atoms with Gasteiger partial charge in [0.05, 0.1) is 5.71 Å². The molecule has 6 heteroatoms. The van der Waals surface area contributed by atoms with Gasteiger partial charge in [-0.2, -0.15) is 5.10 Å². The molecule has 2 aromatic carbocycles. The number of hydrogen-bond acceptors (Lipinski definition) is 2. The topological polar surface area (TPSA) is 36.4 Å². The second-order valence-corrected chi connectivity index (χ2v) is 5.25. The van der Waals surface area contributed by atoms with E-state index in [-0.39, 0.29) is 11.6 Å².